The van der Waals surface area contributed by atoms with E-state index in [1.807, 2.05) is 0 Å². The van der Waals surface area contributed by atoms with Crippen LogP contribution in [0.2, 0.25) is 0 Å². The SMILES string of the molecule is CC12CC3C(O1)C(OS3(=O)=O)C2OC(=O)C(F)(F)SOOO. The maximum atomic E-state index is 13.4. The highest BCUT2D eigenvalue weighted by Crippen LogP contribution is 2.54. The van der Waals surface area contributed by atoms with E-state index in [2.05, 4.69) is 9.37 Å². The van der Waals surface area contributed by atoms with Gasteiger partial charge in [-0.1, -0.05) is 5.04 Å². The van der Waals surface area contributed by atoms with Crippen molar-refractivity contribution in [1.29, 1.82) is 0 Å². The zero-order valence-corrected chi connectivity index (χ0v) is 12.4. The van der Waals surface area contributed by atoms with Gasteiger partial charge in [0, 0.05) is 6.42 Å². The maximum absolute atomic E-state index is 13.4. The van der Waals surface area contributed by atoms with Crippen LogP contribution in [0.15, 0.2) is 0 Å². The third kappa shape index (κ3) is 2.31. The van der Waals surface area contributed by atoms with Gasteiger partial charge >= 0.3 is 11.2 Å². The van der Waals surface area contributed by atoms with Crippen LogP contribution in [0.5, 0.6) is 0 Å². The molecule has 13 heteroatoms. The van der Waals surface area contributed by atoms with Gasteiger partial charge in [-0.2, -0.15) is 17.2 Å². The molecule has 0 amide bonds. The minimum atomic E-state index is -4.18. The zero-order valence-electron chi connectivity index (χ0n) is 10.8. The summed E-state index contributed by atoms with van der Waals surface area (Å²) in [5.41, 5.74) is -1.23. The van der Waals surface area contributed by atoms with Crippen LogP contribution in [0.1, 0.15) is 13.3 Å². The molecule has 3 saturated heterocycles. The van der Waals surface area contributed by atoms with Crippen molar-refractivity contribution in [2.75, 3.05) is 0 Å². The first-order valence-electron chi connectivity index (χ1n) is 5.95. The molecule has 3 heterocycles. The minimum absolute atomic E-state index is 0.0244. The van der Waals surface area contributed by atoms with E-state index in [0.29, 0.717) is 0 Å². The molecular formula is C9H10F2O9S2. The Kier molecular flexibility index (Phi) is 3.67. The molecular weight excluding hydrogens is 354 g/mol. The van der Waals surface area contributed by atoms with Gasteiger partial charge in [-0.25, -0.2) is 10.1 Å². The Bertz CT molecular complexity index is 596. The molecule has 5 unspecified atom stereocenters. The normalized spacial score (nSPS) is 41.8. The van der Waals surface area contributed by atoms with Crippen molar-refractivity contribution in [3.05, 3.63) is 0 Å². The Hall–Kier alpha value is -0.570. The van der Waals surface area contributed by atoms with E-state index in [1.165, 1.54) is 6.92 Å². The van der Waals surface area contributed by atoms with Gasteiger partial charge in [0.15, 0.2) is 6.10 Å². The number of carbonyl (C=O) groups is 1. The van der Waals surface area contributed by atoms with Crippen molar-refractivity contribution in [1.82, 2.24) is 0 Å². The van der Waals surface area contributed by atoms with Crippen molar-refractivity contribution < 1.29 is 50.3 Å². The average molecular weight is 364 g/mol. The summed E-state index contributed by atoms with van der Waals surface area (Å²) in [6.07, 6.45) is -3.34. The summed E-state index contributed by atoms with van der Waals surface area (Å²) in [5.74, 6) is -2.00. The van der Waals surface area contributed by atoms with Gasteiger partial charge in [0.1, 0.15) is 35.1 Å². The standard InChI is InChI=1S/C9H10F2O9S2/c1-8-2-3-4(17-8)5(18-22(3,14)15)6(8)16-7(12)9(10,11)21-20-19-13/h3-6,13H,2H2,1H3. The Morgan fingerprint density at radius 1 is 1.45 bits per heavy atom. The number of halogens is 2. The number of ether oxygens (including phenoxy) is 2. The van der Waals surface area contributed by atoms with Gasteiger partial charge in [0.05, 0.1) is 0 Å². The van der Waals surface area contributed by atoms with Crippen molar-refractivity contribution in [3.63, 3.8) is 0 Å². The number of carbonyl (C=O) groups excluding carboxylic acids is 1. The highest BCUT2D eigenvalue weighted by molar-refractivity contribution is 7.96. The summed E-state index contributed by atoms with van der Waals surface area (Å²) in [7, 11) is -3.87. The summed E-state index contributed by atoms with van der Waals surface area (Å²) in [6, 6.07) is 0. The fourth-order valence-corrected chi connectivity index (χ4v) is 4.97. The number of esters is 1. The quantitative estimate of drug-likeness (QED) is 0.239. The van der Waals surface area contributed by atoms with Gasteiger partial charge in [-0.3, -0.25) is 4.18 Å². The van der Waals surface area contributed by atoms with E-state index in [9.17, 15) is 22.0 Å². The van der Waals surface area contributed by atoms with Gasteiger partial charge < -0.3 is 9.47 Å². The first kappa shape index (κ1) is 16.3. The Balaban J connectivity index is 1.76. The predicted molar refractivity (Wildman–Crippen MR) is 62.7 cm³/mol. The van der Waals surface area contributed by atoms with Crippen molar-refractivity contribution >= 4 is 28.1 Å². The lowest BCUT2D eigenvalue weighted by molar-refractivity contribution is -0.433. The number of rotatable bonds is 5. The van der Waals surface area contributed by atoms with E-state index in [1.54, 1.807) is 0 Å². The Morgan fingerprint density at radius 2 is 2.14 bits per heavy atom. The molecule has 0 radical (unpaired) electrons. The smallest absolute Gasteiger partial charge is 0.415 e. The summed E-state index contributed by atoms with van der Waals surface area (Å²) < 4.78 is 68.7. The molecule has 3 aliphatic heterocycles. The number of fused-ring (bicyclic) bond motifs is 1. The molecule has 1 N–H and O–H groups in total. The topological polar surface area (TPSA) is 118 Å². The van der Waals surface area contributed by atoms with Crippen LogP contribution in [-0.2, 0) is 37.9 Å². The lowest BCUT2D eigenvalue weighted by Crippen LogP contribution is -2.49. The lowest BCUT2D eigenvalue weighted by Gasteiger charge is -2.30. The summed E-state index contributed by atoms with van der Waals surface area (Å²) in [6.45, 7) is 1.46. The van der Waals surface area contributed by atoms with E-state index in [4.69, 9.17) is 18.9 Å². The first-order valence-corrected chi connectivity index (χ1v) is 8.17. The predicted octanol–water partition coefficient (Wildman–Crippen LogP) is 0.219. The molecule has 3 rings (SSSR count). The number of hydrogen-bond donors (Lipinski definition) is 1. The van der Waals surface area contributed by atoms with Crippen LogP contribution < -0.4 is 0 Å². The van der Waals surface area contributed by atoms with Crippen molar-refractivity contribution in [3.8, 4) is 0 Å². The van der Waals surface area contributed by atoms with Crippen molar-refractivity contribution in [2.24, 2.45) is 0 Å². The molecule has 0 aliphatic carbocycles. The molecule has 0 aromatic heterocycles. The summed E-state index contributed by atoms with van der Waals surface area (Å²) in [4.78, 5) is 11.5. The lowest BCUT2D eigenvalue weighted by atomic mass is 9.85. The zero-order chi connectivity index (χ0) is 16.3. The van der Waals surface area contributed by atoms with E-state index in [-0.39, 0.29) is 6.42 Å². The highest BCUT2D eigenvalue weighted by atomic mass is 32.2. The molecule has 0 spiro atoms. The molecule has 2 bridgehead atoms. The fraction of sp³-hybridized carbons (Fsp3) is 0.889. The van der Waals surface area contributed by atoms with Crippen LogP contribution in [-0.4, -0.2) is 54.1 Å². The molecule has 0 saturated carbocycles. The molecule has 5 atom stereocenters. The van der Waals surface area contributed by atoms with Gasteiger partial charge in [-0.05, 0) is 6.92 Å². The first-order chi connectivity index (χ1) is 10.1. The summed E-state index contributed by atoms with van der Waals surface area (Å²) in [5, 5.41) is 5.75. The highest BCUT2D eigenvalue weighted by Gasteiger charge is 2.72. The monoisotopic (exact) mass is 364 g/mol. The number of alkyl halides is 2. The van der Waals surface area contributed by atoms with Crippen LogP contribution in [0.25, 0.3) is 0 Å². The molecule has 0 aromatic rings. The second-order valence-corrected chi connectivity index (χ2v) is 7.86. The third-order valence-corrected chi connectivity index (χ3v) is 6.03. The maximum Gasteiger partial charge on any atom is 0.415 e. The fourth-order valence-electron chi connectivity index (χ4n) is 3.00. The molecule has 0 aromatic carbocycles. The molecule has 3 fully saturated rings. The Labute approximate surface area is 127 Å². The van der Waals surface area contributed by atoms with Crippen molar-refractivity contribution in [2.45, 2.75) is 47.8 Å². The number of hydrogen-bond acceptors (Lipinski definition) is 10. The second kappa shape index (κ2) is 4.96. The molecule has 126 valence electrons. The second-order valence-electron chi connectivity index (χ2n) is 5.26. The van der Waals surface area contributed by atoms with Crippen LogP contribution in [0, 0.1) is 0 Å². The van der Waals surface area contributed by atoms with Gasteiger partial charge in [-0.15, -0.1) is 4.33 Å². The van der Waals surface area contributed by atoms with Crippen LogP contribution in [0.3, 0.4) is 0 Å². The van der Waals surface area contributed by atoms with Gasteiger partial charge in [0.2, 0.25) is 0 Å². The van der Waals surface area contributed by atoms with E-state index < -0.39 is 62.5 Å². The molecule has 22 heavy (non-hydrogen) atoms. The van der Waals surface area contributed by atoms with Crippen LogP contribution in [0.4, 0.5) is 8.78 Å². The summed E-state index contributed by atoms with van der Waals surface area (Å²) >= 11 is -0.772. The van der Waals surface area contributed by atoms with Gasteiger partial charge in [0.25, 0.3) is 10.1 Å². The molecule has 3 aliphatic rings. The Morgan fingerprint density at radius 3 is 2.77 bits per heavy atom. The van der Waals surface area contributed by atoms with E-state index in [0.717, 1.165) is 0 Å². The van der Waals surface area contributed by atoms with Crippen LogP contribution >= 0.6 is 12.0 Å². The van der Waals surface area contributed by atoms with E-state index >= 15 is 0 Å². The minimum Gasteiger partial charge on any atom is -0.451 e. The largest absolute Gasteiger partial charge is 0.451 e. The average Bonchev–Trinajstić information content (AvgIpc) is 2.95. The third-order valence-electron chi connectivity index (χ3n) is 3.86. The molecule has 9 nitrogen and oxygen atoms in total.